The quantitative estimate of drug-likeness (QED) is 0.635. The molecular weight excluding hydrogens is 234 g/mol. The summed E-state index contributed by atoms with van der Waals surface area (Å²) in [6.45, 7) is 4.92. The normalized spacial score (nSPS) is 12.0. The van der Waals surface area contributed by atoms with E-state index in [1.165, 1.54) is 0 Å². The Kier molecular flexibility index (Phi) is 6.13. The maximum atomic E-state index is 9.45. The molecule has 3 N–H and O–H groups in total. The molecule has 0 aliphatic rings. The molecule has 0 bridgehead atoms. The van der Waals surface area contributed by atoms with Crippen molar-refractivity contribution < 1.29 is 9.84 Å². The standard InChI is InChI=1S/C11H21N5O2/c1-4-8(17)6-7-13-10-14-9(12-3)15-11(16-10)18-5-2/h8,17H,4-7H2,1-3H3,(H2,12,13,14,15,16). The SMILES string of the molecule is CCOc1nc(NC)nc(NCCC(O)CC)n1. The number of nitrogens with zero attached hydrogens (tertiary/aromatic N) is 3. The van der Waals surface area contributed by atoms with E-state index in [1.54, 1.807) is 7.05 Å². The number of aromatic nitrogens is 3. The molecule has 0 saturated heterocycles. The number of rotatable bonds is 8. The van der Waals surface area contributed by atoms with E-state index in [-0.39, 0.29) is 12.1 Å². The molecule has 0 fully saturated rings. The van der Waals surface area contributed by atoms with Crippen LogP contribution in [-0.2, 0) is 0 Å². The van der Waals surface area contributed by atoms with Crippen LogP contribution in [0.1, 0.15) is 26.7 Å². The molecule has 0 radical (unpaired) electrons. The number of ether oxygens (including phenoxy) is 1. The van der Waals surface area contributed by atoms with Crippen molar-refractivity contribution in [1.29, 1.82) is 0 Å². The molecule has 18 heavy (non-hydrogen) atoms. The van der Waals surface area contributed by atoms with Crippen molar-refractivity contribution >= 4 is 11.9 Å². The van der Waals surface area contributed by atoms with Gasteiger partial charge in [-0.15, -0.1) is 0 Å². The third-order valence-corrected chi connectivity index (χ3v) is 2.34. The Morgan fingerprint density at radius 2 is 1.94 bits per heavy atom. The van der Waals surface area contributed by atoms with Gasteiger partial charge < -0.3 is 20.5 Å². The zero-order chi connectivity index (χ0) is 13.4. The van der Waals surface area contributed by atoms with Gasteiger partial charge in [0.25, 0.3) is 0 Å². The van der Waals surface area contributed by atoms with Gasteiger partial charge in [-0.25, -0.2) is 0 Å². The maximum absolute atomic E-state index is 9.45. The van der Waals surface area contributed by atoms with Gasteiger partial charge in [0.1, 0.15) is 0 Å². The van der Waals surface area contributed by atoms with Crippen LogP contribution in [0.15, 0.2) is 0 Å². The first-order valence-corrected chi connectivity index (χ1v) is 6.18. The van der Waals surface area contributed by atoms with Crippen LogP contribution >= 0.6 is 0 Å². The fourth-order valence-electron chi connectivity index (χ4n) is 1.30. The maximum Gasteiger partial charge on any atom is 0.323 e. The second-order valence-electron chi connectivity index (χ2n) is 3.73. The molecule has 1 aromatic heterocycles. The van der Waals surface area contributed by atoms with Crippen LogP contribution in [0.3, 0.4) is 0 Å². The lowest BCUT2D eigenvalue weighted by atomic mass is 10.2. The van der Waals surface area contributed by atoms with Crippen LogP contribution in [0.2, 0.25) is 0 Å². The predicted octanol–water partition coefficient (Wildman–Crippen LogP) is 0.885. The molecule has 1 rings (SSSR count). The summed E-state index contributed by atoms with van der Waals surface area (Å²) in [5.41, 5.74) is 0. The molecule has 1 unspecified atom stereocenters. The molecule has 7 heteroatoms. The average Bonchev–Trinajstić information content (AvgIpc) is 2.38. The highest BCUT2D eigenvalue weighted by Crippen LogP contribution is 2.10. The van der Waals surface area contributed by atoms with Gasteiger partial charge in [0.05, 0.1) is 12.7 Å². The average molecular weight is 255 g/mol. The van der Waals surface area contributed by atoms with Crippen molar-refractivity contribution in [2.24, 2.45) is 0 Å². The summed E-state index contributed by atoms with van der Waals surface area (Å²) in [5.74, 6) is 0.896. The Balaban J connectivity index is 2.60. The monoisotopic (exact) mass is 255 g/mol. The zero-order valence-corrected chi connectivity index (χ0v) is 11.1. The van der Waals surface area contributed by atoms with E-state index in [2.05, 4.69) is 25.6 Å². The van der Waals surface area contributed by atoms with Gasteiger partial charge in [0.15, 0.2) is 0 Å². The van der Waals surface area contributed by atoms with Crippen molar-refractivity contribution in [3.05, 3.63) is 0 Å². The van der Waals surface area contributed by atoms with E-state index in [4.69, 9.17) is 4.74 Å². The van der Waals surface area contributed by atoms with Gasteiger partial charge in [0, 0.05) is 13.6 Å². The summed E-state index contributed by atoms with van der Waals surface area (Å²) in [5, 5.41) is 15.3. The van der Waals surface area contributed by atoms with Gasteiger partial charge in [-0.1, -0.05) is 6.92 Å². The van der Waals surface area contributed by atoms with Crippen molar-refractivity contribution in [3.63, 3.8) is 0 Å². The highest BCUT2D eigenvalue weighted by Gasteiger charge is 2.06. The van der Waals surface area contributed by atoms with Crippen LogP contribution in [-0.4, -0.2) is 46.4 Å². The Morgan fingerprint density at radius 3 is 2.56 bits per heavy atom. The fraction of sp³-hybridized carbons (Fsp3) is 0.727. The van der Waals surface area contributed by atoms with Gasteiger partial charge in [-0.3, -0.25) is 0 Å². The highest BCUT2D eigenvalue weighted by atomic mass is 16.5. The number of aliphatic hydroxyl groups excluding tert-OH is 1. The smallest absolute Gasteiger partial charge is 0.323 e. The summed E-state index contributed by atoms with van der Waals surface area (Å²) < 4.78 is 5.25. The van der Waals surface area contributed by atoms with Crippen molar-refractivity contribution in [1.82, 2.24) is 15.0 Å². The van der Waals surface area contributed by atoms with Crippen LogP contribution in [0.4, 0.5) is 11.9 Å². The highest BCUT2D eigenvalue weighted by molar-refractivity contribution is 5.35. The minimum Gasteiger partial charge on any atom is -0.464 e. The van der Waals surface area contributed by atoms with E-state index in [0.29, 0.717) is 31.5 Å². The second-order valence-corrected chi connectivity index (χ2v) is 3.73. The van der Waals surface area contributed by atoms with Crippen LogP contribution in [0.25, 0.3) is 0 Å². The molecule has 0 spiro atoms. The van der Waals surface area contributed by atoms with E-state index in [0.717, 1.165) is 6.42 Å². The third-order valence-electron chi connectivity index (χ3n) is 2.34. The molecule has 1 atom stereocenters. The predicted molar refractivity (Wildman–Crippen MR) is 69.9 cm³/mol. The molecule has 0 saturated carbocycles. The van der Waals surface area contributed by atoms with Crippen LogP contribution in [0, 0.1) is 0 Å². The van der Waals surface area contributed by atoms with Gasteiger partial charge in [-0.05, 0) is 19.8 Å². The van der Waals surface area contributed by atoms with Gasteiger partial charge in [-0.2, -0.15) is 15.0 Å². The van der Waals surface area contributed by atoms with Crippen molar-refractivity contribution in [2.75, 3.05) is 30.8 Å². The van der Waals surface area contributed by atoms with E-state index < -0.39 is 0 Å². The topological polar surface area (TPSA) is 92.2 Å². The molecule has 0 aromatic carbocycles. The first-order chi connectivity index (χ1) is 8.69. The number of aliphatic hydroxyl groups is 1. The summed E-state index contributed by atoms with van der Waals surface area (Å²) in [6.07, 6.45) is 1.10. The molecule has 0 aliphatic heterocycles. The lowest BCUT2D eigenvalue weighted by Crippen LogP contribution is -2.15. The molecule has 102 valence electrons. The summed E-state index contributed by atoms with van der Waals surface area (Å²) in [4.78, 5) is 12.3. The summed E-state index contributed by atoms with van der Waals surface area (Å²) in [6, 6.07) is 0.287. The zero-order valence-electron chi connectivity index (χ0n) is 11.1. The van der Waals surface area contributed by atoms with E-state index in [9.17, 15) is 5.11 Å². The van der Waals surface area contributed by atoms with E-state index in [1.807, 2.05) is 13.8 Å². The largest absolute Gasteiger partial charge is 0.464 e. The fourth-order valence-corrected chi connectivity index (χ4v) is 1.30. The minimum absolute atomic E-state index is 0.287. The molecule has 7 nitrogen and oxygen atoms in total. The molecule has 1 aromatic rings. The van der Waals surface area contributed by atoms with Crippen LogP contribution < -0.4 is 15.4 Å². The number of hydrogen-bond donors (Lipinski definition) is 3. The molecule has 1 heterocycles. The minimum atomic E-state index is -0.297. The van der Waals surface area contributed by atoms with E-state index >= 15 is 0 Å². The first-order valence-electron chi connectivity index (χ1n) is 6.18. The Hall–Kier alpha value is -1.63. The lowest BCUT2D eigenvalue weighted by Gasteiger charge is -2.10. The molecule has 0 amide bonds. The Bertz CT molecular complexity index is 361. The summed E-state index contributed by atoms with van der Waals surface area (Å²) in [7, 11) is 1.73. The molecular formula is C11H21N5O2. The second kappa shape index (κ2) is 7.65. The first kappa shape index (κ1) is 14.4. The van der Waals surface area contributed by atoms with Gasteiger partial charge in [0.2, 0.25) is 11.9 Å². The van der Waals surface area contributed by atoms with Crippen molar-refractivity contribution in [3.8, 4) is 6.01 Å². The lowest BCUT2D eigenvalue weighted by molar-refractivity contribution is 0.164. The Labute approximate surface area is 107 Å². The van der Waals surface area contributed by atoms with Crippen LogP contribution in [0.5, 0.6) is 6.01 Å². The number of nitrogens with one attached hydrogen (secondary N) is 2. The summed E-state index contributed by atoms with van der Waals surface area (Å²) >= 11 is 0. The third kappa shape index (κ3) is 4.70. The van der Waals surface area contributed by atoms with Gasteiger partial charge >= 0.3 is 6.01 Å². The van der Waals surface area contributed by atoms with Crippen molar-refractivity contribution in [2.45, 2.75) is 32.8 Å². The number of anilines is 2. The molecule has 0 aliphatic carbocycles. The number of hydrogen-bond acceptors (Lipinski definition) is 7. The Morgan fingerprint density at radius 1 is 1.22 bits per heavy atom.